The number of unbranched alkanes of at least 4 members (excludes halogenated alkanes) is 18. The first-order chi connectivity index (χ1) is 26.4. The molecule has 0 bridgehead atoms. The zero-order chi connectivity index (χ0) is 40.7. The molecule has 1 aliphatic carbocycles. The van der Waals surface area contributed by atoms with Crippen molar-refractivity contribution in [3.05, 3.63) is 24.3 Å². The molecule has 0 spiro atoms. The first-order valence-electron chi connectivity index (χ1n) is 21.1. The van der Waals surface area contributed by atoms with Crippen molar-refractivity contribution >= 4 is 19.8 Å². The van der Waals surface area contributed by atoms with Crippen LogP contribution < -0.4 is 0 Å². The highest BCUT2D eigenvalue weighted by atomic mass is 31.2. The molecule has 6 unspecified atom stereocenters. The monoisotopic (exact) mass is 806 g/mol. The number of hydrogen-bond acceptors (Lipinski definition) is 12. The number of ether oxygens (including phenoxy) is 2. The van der Waals surface area contributed by atoms with Crippen LogP contribution in [-0.2, 0) is 32.7 Å². The molecular formula is C41H75O13P. The normalized spacial score (nSPS) is 23.3. The Bertz CT molecular complexity index is 1070. The van der Waals surface area contributed by atoms with Crippen LogP contribution in [0.2, 0.25) is 0 Å². The molecule has 14 heteroatoms. The smallest absolute Gasteiger partial charge is 0.462 e. The minimum atomic E-state index is -5.11. The molecule has 1 fully saturated rings. The molecule has 0 amide bonds. The fourth-order valence-electron chi connectivity index (χ4n) is 6.28. The van der Waals surface area contributed by atoms with E-state index in [0.717, 1.165) is 77.0 Å². The number of carbonyl (C=O) groups is 2. The first kappa shape index (κ1) is 51.3. The zero-order valence-electron chi connectivity index (χ0n) is 33.7. The van der Waals surface area contributed by atoms with Crippen LogP contribution in [0, 0.1) is 0 Å². The summed E-state index contributed by atoms with van der Waals surface area (Å²) in [5.74, 6) is -1.12. The largest absolute Gasteiger partial charge is 0.472 e. The predicted molar refractivity (Wildman–Crippen MR) is 212 cm³/mol. The second-order valence-electron chi connectivity index (χ2n) is 14.8. The third-order valence-electron chi connectivity index (χ3n) is 9.77. The van der Waals surface area contributed by atoms with Crippen LogP contribution in [0.15, 0.2) is 24.3 Å². The van der Waals surface area contributed by atoms with Gasteiger partial charge in [0.05, 0.1) is 6.61 Å². The van der Waals surface area contributed by atoms with Crippen molar-refractivity contribution in [2.45, 2.75) is 211 Å². The summed E-state index contributed by atoms with van der Waals surface area (Å²) in [6.07, 6.45) is 19.6. The van der Waals surface area contributed by atoms with Crippen LogP contribution in [0.3, 0.4) is 0 Å². The lowest BCUT2D eigenvalue weighted by atomic mass is 9.85. The Hall–Kier alpha value is -1.67. The fraction of sp³-hybridized carbons (Fsp3) is 0.854. The molecule has 6 N–H and O–H groups in total. The van der Waals surface area contributed by atoms with E-state index < -0.39 is 75.7 Å². The van der Waals surface area contributed by atoms with E-state index in [1.807, 2.05) is 0 Å². The second kappa shape index (κ2) is 32.3. The molecule has 1 aliphatic rings. The maximum atomic E-state index is 12.8. The molecule has 1 rings (SSSR count). The van der Waals surface area contributed by atoms with Gasteiger partial charge in [0.1, 0.15) is 43.2 Å². The molecule has 1 saturated carbocycles. The van der Waals surface area contributed by atoms with E-state index in [0.29, 0.717) is 12.8 Å². The molecule has 0 saturated heterocycles. The van der Waals surface area contributed by atoms with Gasteiger partial charge >= 0.3 is 19.8 Å². The molecule has 0 radical (unpaired) electrons. The van der Waals surface area contributed by atoms with E-state index in [2.05, 4.69) is 38.2 Å². The Morgan fingerprint density at radius 2 is 0.927 bits per heavy atom. The topological polar surface area (TPSA) is 210 Å². The fourth-order valence-corrected chi connectivity index (χ4v) is 7.25. The van der Waals surface area contributed by atoms with E-state index in [1.54, 1.807) is 0 Å². The summed E-state index contributed by atoms with van der Waals surface area (Å²) in [6, 6.07) is 0. The van der Waals surface area contributed by atoms with Gasteiger partial charge in [-0.2, -0.15) is 0 Å². The van der Waals surface area contributed by atoms with Gasteiger partial charge in [-0.15, -0.1) is 0 Å². The van der Waals surface area contributed by atoms with Crippen molar-refractivity contribution in [2.75, 3.05) is 13.2 Å². The van der Waals surface area contributed by atoms with Crippen molar-refractivity contribution in [2.24, 2.45) is 0 Å². The molecule has 55 heavy (non-hydrogen) atoms. The standard InChI is InChI=1S/C41H75O13P/c1-3-5-7-9-11-13-15-17-18-20-22-24-26-28-30-35(43)53-33(31-51-34(42)29-27-25-23-21-19-16-14-12-10-8-6-4-2)32-52-55(49,50)54-41-39(47)37(45)36(44)38(46)40(41)48/h12,14-15,17,33,36-41,44-48H,3-11,13,16,18-32H2,1-2H3,(H,49,50)/b14-12+,17-15+/t33-,36?,37-,38?,39?,40?,41?/m1/s1. The number of aliphatic hydroxyl groups excluding tert-OH is 5. The molecule has 0 aliphatic heterocycles. The lowest BCUT2D eigenvalue weighted by Crippen LogP contribution is -2.64. The van der Waals surface area contributed by atoms with Gasteiger partial charge in [0.2, 0.25) is 0 Å². The lowest BCUT2D eigenvalue weighted by Gasteiger charge is -2.41. The Balaban J connectivity index is 2.52. The van der Waals surface area contributed by atoms with E-state index in [-0.39, 0.29) is 12.8 Å². The maximum Gasteiger partial charge on any atom is 0.472 e. The van der Waals surface area contributed by atoms with Crippen molar-refractivity contribution in [3.63, 3.8) is 0 Å². The highest BCUT2D eigenvalue weighted by Gasteiger charge is 2.51. The summed E-state index contributed by atoms with van der Waals surface area (Å²) in [5, 5.41) is 50.0. The lowest BCUT2D eigenvalue weighted by molar-refractivity contribution is -0.220. The van der Waals surface area contributed by atoms with Crippen molar-refractivity contribution in [3.8, 4) is 0 Å². The van der Waals surface area contributed by atoms with Gasteiger partial charge in [-0.25, -0.2) is 4.57 Å². The Kier molecular flexibility index (Phi) is 30.2. The molecule has 0 aromatic rings. The quantitative estimate of drug-likeness (QED) is 0.0164. The minimum Gasteiger partial charge on any atom is -0.462 e. The minimum absolute atomic E-state index is 0.0862. The number of phosphoric ester groups is 1. The number of aliphatic hydroxyl groups is 5. The molecule has 13 nitrogen and oxygen atoms in total. The van der Waals surface area contributed by atoms with Crippen LogP contribution in [0.5, 0.6) is 0 Å². The van der Waals surface area contributed by atoms with Gasteiger partial charge in [-0.05, 0) is 64.2 Å². The van der Waals surface area contributed by atoms with Crippen molar-refractivity contribution < 1.29 is 63.1 Å². The highest BCUT2D eigenvalue weighted by Crippen LogP contribution is 2.47. The van der Waals surface area contributed by atoms with Crippen molar-refractivity contribution in [1.82, 2.24) is 0 Å². The summed E-state index contributed by atoms with van der Waals surface area (Å²) in [4.78, 5) is 35.5. The third-order valence-corrected chi connectivity index (χ3v) is 10.8. The Morgan fingerprint density at radius 1 is 0.545 bits per heavy atom. The summed E-state index contributed by atoms with van der Waals surface area (Å²) in [7, 11) is -5.11. The van der Waals surface area contributed by atoms with E-state index >= 15 is 0 Å². The van der Waals surface area contributed by atoms with E-state index in [9.17, 15) is 44.6 Å². The molecule has 322 valence electrons. The molecule has 0 aromatic carbocycles. The van der Waals surface area contributed by atoms with E-state index in [1.165, 1.54) is 51.4 Å². The van der Waals surface area contributed by atoms with Gasteiger partial charge in [0.25, 0.3) is 0 Å². The SMILES string of the molecule is CCCCC/C=C/CCCCCCCC(=O)OC[C@H](COP(=O)(O)OC1C(O)C(O)C(O)[C@@H](O)C1O)OC(=O)CCCCCCC/C=C/CCCCCCC. The van der Waals surface area contributed by atoms with Crippen LogP contribution in [0.1, 0.15) is 168 Å². The zero-order valence-corrected chi connectivity index (χ0v) is 34.6. The van der Waals surface area contributed by atoms with Crippen LogP contribution in [0.4, 0.5) is 0 Å². The van der Waals surface area contributed by atoms with Gasteiger partial charge in [-0.3, -0.25) is 18.6 Å². The molecule has 8 atom stereocenters. The van der Waals surface area contributed by atoms with Crippen LogP contribution in [-0.4, -0.2) is 98.3 Å². The van der Waals surface area contributed by atoms with Gasteiger partial charge in [-0.1, -0.05) is 115 Å². The molecule has 0 aromatic heterocycles. The third kappa shape index (κ3) is 25.3. The van der Waals surface area contributed by atoms with Crippen LogP contribution >= 0.6 is 7.82 Å². The summed E-state index contributed by atoms with van der Waals surface area (Å²) in [5.41, 5.74) is 0. The van der Waals surface area contributed by atoms with Gasteiger partial charge in [0, 0.05) is 12.8 Å². The summed E-state index contributed by atoms with van der Waals surface area (Å²) >= 11 is 0. The predicted octanol–water partition coefficient (Wildman–Crippen LogP) is 7.28. The number of hydrogen-bond donors (Lipinski definition) is 6. The Morgan fingerprint density at radius 3 is 1.42 bits per heavy atom. The molecule has 0 heterocycles. The highest BCUT2D eigenvalue weighted by molar-refractivity contribution is 7.47. The maximum absolute atomic E-state index is 12.8. The van der Waals surface area contributed by atoms with Gasteiger partial charge < -0.3 is 39.9 Å². The number of rotatable bonds is 34. The Labute approximate surface area is 330 Å². The van der Waals surface area contributed by atoms with Crippen molar-refractivity contribution in [1.29, 1.82) is 0 Å². The van der Waals surface area contributed by atoms with E-state index in [4.69, 9.17) is 18.5 Å². The summed E-state index contributed by atoms with van der Waals surface area (Å²) in [6.45, 7) is 3.23. The average Bonchev–Trinajstić information content (AvgIpc) is 3.16. The van der Waals surface area contributed by atoms with Gasteiger partial charge in [0.15, 0.2) is 6.10 Å². The average molecular weight is 807 g/mol. The molecular weight excluding hydrogens is 731 g/mol. The first-order valence-corrected chi connectivity index (χ1v) is 22.6. The number of esters is 2. The summed E-state index contributed by atoms with van der Waals surface area (Å²) < 4.78 is 33.4. The van der Waals surface area contributed by atoms with Crippen LogP contribution in [0.25, 0.3) is 0 Å². The number of phosphoric acid groups is 1. The number of allylic oxidation sites excluding steroid dienone is 4. The number of carbonyl (C=O) groups excluding carboxylic acids is 2. The second-order valence-corrected chi connectivity index (χ2v) is 16.2.